The Kier molecular flexibility index (Phi) is 4.06. The number of benzene rings is 1. The molecule has 1 aliphatic carbocycles. The fourth-order valence-electron chi connectivity index (χ4n) is 2.74. The Bertz CT molecular complexity index is 373. The zero-order valence-electron chi connectivity index (χ0n) is 10.9. The van der Waals surface area contributed by atoms with Gasteiger partial charge in [-0.1, -0.05) is 6.07 Å². The number of fused-ring (bicyclic) bond motifs is 1. The van der Waals surface area contributed by atoms with E-state index in [1.54, 1.807) is 0 Å². The van der Waals surface area contributed by atoms with E-state index < -0.39 is 0 Å². The van der Waals surface area contributed by atoms with Crippen LogP contribution in [0.4, 0.5) is 0 Å². The summed E-state index contributed by atoms with van der Waals surface area (Å²) in [5.74, 6) is 1.67. The van der Waals surface area contributed by atoms with E-state index in [0.717, 1.165) is 18.7 Å². The predicted molar refractivity (Wildman–Crippen MR) is 71.6 cm³/mol. The van der Waals surface area contributed by atoms with Crippen molar-refractivity contribution in [2.45, 2.75) is 51.6 Å². The first kappa shape index (κ1) is 12.4. The van der Waals surface area contributed by atoms with E-state index in [9.17, 15) is 0 Å². The van der Waals surface area contributed by atoms with Crippen molar-refractivity contribution in [1.82, 2.24) is 0 Å². The topological polar surface area (TPSA) is 35.2 Å². The lowest BCUT2D eigenvalue weighted by Crippen LogP contribution is -2.14. The number of hydrogen-bond acceptors (Lipinski definition) is 2. The minimum atomic E-state index is 0.247. The Balaban J connectivity index is 2.20. The van der Waals surface area contributed by atoms with E-state index >= 15 is 0 Å². The molecule has 1 unspecified atom stereocenters. The van der Waals surface area contributed by atoms with Gasteiger partial charge >= 0.3 is 0 Å². The minimum Gasteiger partial charge on any atom is -0.491 e. The number of hydrogen-bond donors (Lipinski definition) is 1. The molecule has 1 aliphatic rings. The van der Waals surface area contributed by atoms with Crippen LogP contribution in [-0.4, -0.2) is 12.6 Å². The number of aryl methyl sites for hydroxylation is 1. The maximum absolute atomic E-state index is 5.75. The Morgan fingerprint density at radius 3 is 2.94 bits per heavy atom. The van der Waals surface area contributed by atoms with Crippen molar-refractivity contribution in [3.63, 3.8) is 0 Å². The number of ether oxygens (including phenoxy) is 1. The maximum atomic E-state index is 5.75. The molecule has 2 N–H and O–H groups in total. The molecule has 2 nitrogen and oxygen atoms in total. The van der Waals surface area contributed by atoms with Crippen LogP contribution >= 0.6 is 0 Å². The zero-order valence-corrected chi connectivity index (χ0v) is 10.9. The van der Waals surface area contributed by atoms with Crippen LogP contribution in [0.3, 0.4) is 0 Å². The molecule has 0 aliphatic heterocycles. The van der Waals surface area contributed by atoms with Gasteiger partial charge in [-0.25, -0.2) is 0 Å². The van der Waals surface area contributed by atoms with E-state index in [1.165, 1.54) is 30.4 Å². The summed E-state index contributed by atoms with van der Waals surface area (Å²) in [6.07, 6.45) is 5.11. The second-order valence-corrected chi connectivity index (χ2v) is 5.19. The lowest BCUT2D eigenvalue weighted by atomic mass is 9.81. The molecule has 0 fully saturated rings. The first-order valence-corrected chi connectivity index (χ1v) is 6.70. The van der Waals surface area contributed by atoms with Crippen molar-refractivity contribution < 1.29 is 4.74 Å². The van der Waals surface area contributed by atoms with Crippen LogP contribution in [0.1, 0.15) is 50.2 Å². The second-order valence-electron chi connectivity index (χ2n) is 5.19. The zero-order chi connectivity index (χ0) is 12.3. The molecule has 94 valence electrons. The Labute approximate surface area is 104 Å². The summed E-state index contributed by atoms with van der Waals surface area (Å²) in [7, 11) is 0. The van der Waals surface area contributed by atoms with Gasteiger partial charge in [0, 0.05) is 0 Å². The molecule has 0 saturated heterocycles. The van der Waals surface area contributed by atoms with Gasteiger partial charge in [-0.3, -0.25) is 0 Å². The van der Waals surface area contributed by atoms with Crippen LogP contribution < -0.4 is 10.5 Å². The molecular formula is C15H23NO. The number of rotatable bonds is 4. The molecule has 0 radical (unpaired) electrons. The van der Waals surface area contributed by atoms with Gasteiger partial charge in [0.05, 0.1) is 6.10 Å². The second kappa shape index (κ2) is 5.54. The molecule has 17 heavy (non-hydrogen) atoms. The van der Waals surface area contributed by atoms with Gasteiger partial charge in [0.1, 0.15) is 5.75 Å². The molecule has 1 aromatic carbocycles. The SMILES string of the molecule is CC(C)Oc1ccc2c(c1)CCCC2CCN. The maximum Gasteiger partial charge on any atom is 0.119 e. The molecule has 0 bridgehead atoms. The summed E-state index contributed by atoms with van der Waals surface area (Å²) < 4.78 is 5.75. The van der Waals surface area contributed by atoms with E-state index in [1.807, 2.05) is 0 Å². The van der Waals surface area contributed by atoms with E-state index in [2.05, 4.69) is 32.0 Å². The van der Waals surface area contributed by atoms with Crippen LogP contribution in [0.2, 0.25) is 0 Å². The van der Waals surface area contributed by atoms with Crippen molar-refractivity contribution in [1.29, 1.82) is 0 Å². The van der Waals surface area contributed by atoms with Crippen molar-refractivity contribution in [3.8, 4) is 5.75 Å². The highest BCUT2D eigenvalue weighted by molar-refractivity contribution is 5.39. The fourth-order valence-corrected chi connectivity index (χ4v) is 2.74. The first-order chi connectivity index (χ1) is 8.20. The average molecular weight is 233 g/mol. The van der Waals surface area contributed by atoms with Crippen LogP contribution in [0.15, 0.2) is 18.2 Å². The Morgan fingerprint density at radius 1 is 1.41 bits per heavy atom. The summed E-state index contributed by atoms with van der Waals surface area (Å²) in [5.41, 5.74) is 8.65. The van der Waals surface area contributed by atoms with Gasteiger partial charge in [-0.2, -0.15) is 0 Å². The normalized spacial score (nSPS) is 19.2. The standard InChI is InChI=1S/C15H23NO/c1-11(2)17-14-6-7-15-12(8-9-16)4-3-5-13(15)10-14/h6-7,10-12H,3-5,8-9,16H2,1-2H3. The van der Waals surface area contributed by atoms with Gasteiger partial charge in [0.2, 0.25) is 0 Å². The molecule has 0 spiro atoms. The molecule has 1 atom stereocenters. The first-order valence-electron chi connectivity index (χ1n) is 6.70. The summed E-state index contributed by atoms with van der Waals surface area (Å²) in [5, 5.41) is 0. The van der Waals surface area contributed by atoms with Crippen LogP contribution in [0.25, 0.3) is 0 Å². The highest BCUT2D eigenvalue weighted by Gasteiger charge is 2.19. The van der Waals surface area contributed by atoms with E-state index in [0.29, 0.717) is 5.92 Å². The average Bonchev–Trinajstić information content (AvgIpc) is 2.28. The van der Waals surface area contributed by atoms with Gasteiger partial charge in [-0.05, 0) is 75.3 Å². The highest BCUT2D eigenvalue weighted by Crippen LogP contribution is 2.35. The van der Waals surface area contributed by atoms with E-state index in [-0.39, 0.29) is 6.10 Å². The Morgan fingerprint density at radius 2 is 2.24 bits per heavy atom. The third kappa shape index (κ3) is 3.01. The quantitative estimate of drug-likeness (QED) is 0.866. The lowest BCUT2D eigenvalue weighted by molar-refractivity contribution is 0.242. The molecule has 0 saturated carbocycles. The van der Waals surface area contributed by atoms with Crippen LogP contribution in [-0.2, 0) is 6.42 Å². The molecule has 0 aromatic heterocycles. The number of nitrogens with two attached hydrogens (primary N) is 1. The van der Waals surface area contributed by atoms with Crippen LogP contribution in [0, 0.1) is 0 Å². The monoisotopic (exact) mass is 233 g/mol. The summed E-state index contributed by atoms with van der Waals surface area (Å²) in [4.78, 5) is 0. The van der Waals surface area contributed by atoms with Crippen molar-refractivity contribution >= 4 is 0 Å². The third-order valence-electron chi connectivity index (χ3n) is 3.44. The predicted octanol–water partition coefficient (Wildman–Crippen LogP) is 3.24. The summed E-state index contributed by atoms with van der Waals surface area (Å²) in [6, 6.07) is 6.57. The Hall–Kier alpha value is -1.02. The summed E-state index contributed by atoms with van der Waals surface area (Å²) in [6.45, 7) is 4.92. The van der Waals surface area contributed by atoms with Crippen LogP contribution in [0.5, 0.6) is 5.75 Å². The van der Waals surface area contributed by atoms with E-state index in [4.69, 9.17) is 10.5 Å². The van der Waals surface area contributed by atoms with Gasteiger partial charge in [-0.15, -0.1) is 0 Å². The van der Waals surface area contributed by atoms with Crippen molar-refractivity contribution in [2.75, 3.05) is 6.54 Å². The summed E-state index contributed by atoms with van der Waals surface area (Å²) >= 11 is 0. The van der Waals surface area contributed by atoms with Crippen molar-refractivity contribution in [2.24, 2.45) is 5.73 Å². The fraction of sp³-hybridized carbons (Fsp3) is 0.600. The largest absolute Gasteiger partial charge is 0.491 e. The molecule has 0 amide bonds. The van der Waals surface area contributed by atoms with Gasteiger partial charge in [0.15, 0.2) is 0 Å². The third-order valence-corrected chi connectivity index (χ3v) is 3.44. The molecule has 2 rings (SSSR count). The molecule has 0 heterocycles. The molecular weight excluding hydrogens is 210 g/mol. The molecule has 2 heteroatoms. The lowest BCUT2D eigenvalue weighted by Gasteiger charge is -2.26. The molecule has 1 aromatic rings. The van der Waals surface area contributed by atoms with Crippen molar-refractivity contribution in [3.05, 3.63) is 29.3 Å². The van der Waals surface area contributed by atoms with Gasteiger partial charge in [0.25, 0.3) is 0 Å². The smallest absolute Gasteiger partial charge is 0.119 e. The minimum absolute atomic E-state index is 0.247. The highest BCUT2D eigenvalue weighted by atomic mass is 16.5. The van der Waals surface area contributed by atoms with Gasteiger partial charge < -0.3 is 10.5 Å².